The van der Waals surface area contributed by atoms with Gasteiger partial charge in [-0.05, 0) is 11.6 Å². The van der Waals surface area contributed by atoms with Crippen LogP contribution in [0.1, 0.15) is 0 Å². The van der Waals surface area contributed by atoms with Crippen LogP contribution in [0.2, 0.25) is 19.6 Å². The van der Waals surface area contributed by atoms with Crippen LogP contribution in [0.5, 0.6) is 0 Å². The van der Waals surface area contributed by atoms with Crippen molar-refractivity contribution in [3.05, 3.63) is 0 Å². The molecule has 0 aliphatic heterocycles. The average Bonchev–Trinajstić information content (AvgIpc) is 1.31. The SMILES string of the molecule is C[Si](C)(C)C(=O)Cl. The number of hydrogen-bond acceptors (Lipinski definition) is 1. The lowest BCUT2D eigenvalue weighted by atomic mass is 11.7. The van der Waals surface area contributed by atoms with Crippen LogP contribution >= 0.6 is 11.6 Å². The molecule has 0 aromatic carbocycles. The van der Waals surface area contributed by atoms with Gasteiger partial charge in [0.1, 0.15) is 8.07 Å². The van der Waals surface area contributed by atoms with Crippen molar-refractivity contribution in [3.8, 4) is 0 Å². The Hall–Kier alpha value is 0.177. The fraction of sp³-hybridized carbons (Fsp3) is 0.750. The van der Waals surface area contributed by atoms with Gasteiger partial charge in [0, 0.05) is 0 Å². The number of carbonyl (C=O) groups is 1. The minimum atomic E-state index is -1.61. The Balaban J connectivity index is 3.79. The number of halogens is 1. The normalized spacial score (nSPS) is 11.4. The lowest BCUT2D eigenvalue weighted by Gasteiger charge is -2.05. The molecule has 0 atom stereocenters. The Labute approximate surface area is 49.7 Å². The fourth-order valence-corrected chi connectivity index (χ4v) is 0. The van der Waals surface area contributed by atoms with Crippen LogP contribution in [0, 0.1) is 0 Å². The summed E-state index contributed by atoms with van der Waals surface area (Å²) >= 11 is 5.18. The van der Waals surface area contributed by atoms with Crippen LogP contribution in [0.4, 0.5) is 4.79 Å². The Morgan fingerprint density at radius 1 is 1.43 bits per heavy atom. The van der Waals surface area contributed by atoms with Crippen molar-refractivity contribution in [3.63, 3.8) is 0 Å². The van der Waals surface area contributed by atoms with E-state index in [-0.39, 0.29) is 4.87 Å². The lowest BCUT2D eigenvalue weighted by molar-refractivity contribution is 0.273. The van der Waals surface area contributed by atoms with Crippen LogP contribution in [0.25, 0.3) is 0 Å². The second-order valence-corrected chi connectivity index (χ2v) is 8.14. The zero-order chi connectivity index (χ0) is 6.08. The van der Waals surface area contributed by atoms with Gasteiger partial charge in [0.05, 0.1) is 0 Å². The van der Waals surface area contributed by atoms with Crippen LogP contribution in [0.3, 0.4) is 0 Å². The second kappa shape index (κ2) is 1.97. The maximum atomic E-state index is 10.3. The molecule has 0 heterocycles. The number of carbonyl (C=O) groups excluding carboxylic acids is 1. The molecule has 0 aliphatic rings. The van der Waals surface area contributed by atoms with Gasteiger partial charge in [-0.3, -0.25) is 4.79 Å². The quantitative estimate of drug-likeness (QED) is 0.399. The highest BCUT2D eigenvalue weighted by molar-refractivity contribution is 7.17. The lowest BCUT2D eigenvalue weighted by Crippen LogP contribution is -2.27. The van der Waals surface area contributed by atoms with Gasteiger partial charge < -0.3 is 0 Å². The van der Waals surface area contributed by atoms with Gasteiger partial charge in [-0.15, -0.1) is 0 Å². The van der Waals surface area contributed by atoms with Crippen molar-refractivity contribution in [2.45, 2.75) is 19.6 Å². The first kappa shape index (κ1) is 7.18. The Bertz CT molecular complexity index is 84.2. The smallest absolute Gasteiger partial charge is 0.195 e. The highest BCUT2D eigenvalue weighted by Gasteiger charge is 2.21. The molecule has 0 amide bonds. The third-order valence-electron chi connectivity index (χ3n) is 0.590. The standard InChI is InChI=1S/C4H9ClOSi/c1-7(2,3)4(5)6/h1-3H3. The van der Waals surface area contributed by atoms with Crippen molar-refractivity contribution in [1.82, 2.24) is 0 Å². The first-order valence-corrected chi connectivity index (χ1v) is 6.02. The molecule has 1 nitrogen and oxygen atoms in total. The summed E-state index contributed by atoms with van der Waals surface area (Å²) < 4.78 is 0. The van der Waals surface area contributed by atoms with Crippen molar-refractivity contribution in [2.75, 3.05) is 0 Å². The molecule has 0 spiro atoms. The highest BCUT2D eigenvalue weighted by atomic mass is 35.5. The van der Waals surface area contributed by atoms with Gasteiger partial charge in [-0.2, -0.15) is 0 Å². The molecule has 7 heavy (non-hydrogen) atoms. The molecule has 0 aromatic heterocycles. The van der Waals surface area contributed by atoms with E-state index in [4.69, 9.17) is 11.6 Å². The van der Waals surface area contributed by atoms with E-state index in [1.165, 1.54) is 0 Å². The van der Waals surface area contributed by atoms with E-state index in [1.54, 1.807) is 0 Å². The summed E-state index contributed by atoms with van der Waals surface area (Å²) in [4.78, 5) is 10.1. The topological polar surface area (TPSA) is 17.1 Å². The average molecular weight is 137 g/mol. The molecule has 0 saturated heterocycles. The molecule has 0 unspecified atom stereocenters. The first-order chi connectivity index (χ1) is 2.94. The maximum absolute atomic E-state index is 10.3. The van der Waals surface area contributed by atoms with E-state index in [2.05, 4.69) is 0 Å². The van der Waals surface area contributed by atoms with Crippen molar-refractivity contribution >= 4 is 24.5 Å². The maximum Gasteiger partial charge on any atom is 0.195 e. The highest BCUT2D eigenvalue weighted by Crippen LogP contribution is 2.05. The van der Waals surface area contributed by atoms with Crippen LogP contribution in [-0.2, 0) is 0 Å². The summed E-state index contributed by atoms with van der Waals surface area (Å²) in [5, 5.41) is 0. The van der Waals surface area contributed by atoms with Gasteiger partial charge in [-0.1, -0.05) is 19.6 Å². The predicted octanol–water partition coefficient (Wildman–Crippen LogP) is 2.27. The molecule has 0 rings (SSSR count). The second-order valence-electron chi connectivity index (χ2n) is 2.52. The molecule has 0 fully saturated rings. The predicted molar refractivity (Wildman–Crippen MR) is 34.6 cm³/mol. The van der Waals surface area contributed by atoms with Crippen LogP contribution in [0.15, 0.2) is 0 Å². The summed E-state index contributed by atoms with van der Waals surface area (Å²) in [5.74, 6) is 0. The molecule has 42 valence electrons. The van der Waals surface area contributed by atoms with Gasteiger partial charge in [0.25, 0.3) is 0 Å². The number of rotatable bonds is 1. The summed E-state index contributed by atoms with van der Waals surface area (Å²) in [6.45, 7) is 5.76. The van der Waals surface area contributed by atoms with Gasteiger partial charge in [-0.25, -0.2) is 0 Å². The molecular weight excluding hydrogens is 128 g/mol. The summed E-state index contributed by atoms with van der Waals surface area (Å²) in [5.41, 5.74) is 0. The molecule has 0 bridgehead atoms. The van der Waals surface area contributed by atoms with E-state index in [0.29, 0.717) is 0 Å². The molecule has 0 saturated carbocycles. The van der Waals surface area contributed by atoms with E-state index in [1.807, 2.05) is 19.6 Å². The Morgan fingerprint density at radius 3 is 1.57 bits per heavy atom. The molecule has 0 radical (unpaired) electrons. The summed E-state index contributed by atoms with van der Waals surface area (Å²) in [7, 11) is -1.61. The zero-order valence-electron chi connectivity index (χ0n) is 4.79. The van der Waals surface area contributed by atoms with Crippen LogP contribution in [-0.4, -0.2) is 12.9 Å². The van der Waals surface area contributed by atoms with Gasteiger partial charge in [0.2, 0.25) is 0 Å². The molecular formula is C4H9ClOSi. The molecule has 3 heteroatoms. The monoisotopic (exact) mass is 136 g/mol. The number of hydrogen-bond donors (Lipinski definition) is 0. The molecule has 0 aliphatic carbocycles. The fourth-order valence-electron chi connectivity index (χ4n) is 0. The van der Waals surface area contributed by atoms with Crippen molar-refractivity contribution in [1.29, 1.82) is 0 Å². The minimum Gasteiger partial charge on any atom is -0.288 e. The van der Waals surface area contributed by atoms with Crippen molar-refractivity contribution in [2.24, 2.45) is 0 Å². The molecule has 0 aromatic rings. The largest absolute Gasteiger partial charge is 0.288 e. The zero-order valence-corrected chi connectivity index (χ0v) is 6.54. The van der Waals surface area contributed by atoms with Crippen LogP contribution < -0.4 is 0 Å². The van der Waals surface area contributed by atoms with Gasteiger partial charge >= 0.3 is 0 Å². The molecule has 0 N–H and O–H groups in total. The van der Waals surface area contributed by atoms with Crippen molar-refractivity contribution < 1.29 is 4.79 Å². The van der Waals surface area contributed by atoms with Gasteiger partial charge in [0.15, 0.2) is 4.87 Å². The van der Waals surface area contributed by atoms with E-state index < -0.39 is 8.07 Å². The third kappa shape index (κ3) is 2.82. The Morgan fingerprint density at radius 2 is 1.57 bits per heavy atom. The van der Waals surface area contributed by atoms with E-state index in [0.717, 1.165) is 0 Å². The van der Waals surface area contributed by atoms with E-state index >= 15 is 0 Å². The first-order valence-electron chi connectivity index (χ1n) is 2.14. The van der Waals surface area contributed by atoms with E-state index in [9.17, 15) is 4.79 Å². The minimum absolute atomic E-state index is 0.146. The Kier molecular flexibility index (Phi) is 2.02. The third-order valence-corrected chi connectivity index (χ3v) is 3.47. The summed E-state index contributed by atoms with van der Waals surface area (Å²) in [6.07, 6.45) is 0. The summed E-state index contributed by atoms with van der Waals surface area (Å²) in [6, 6.07) is 0.